The highest BCUT2D eigenvalue weighted by atomic mass is 32.1. The lowest BCUT2D eigenvalue weighted by Crippen LogP contribution is -2.02. The van der Waals surface area contributed by atoms with Gasteiger partial charge in [-0.3, -0.25) is 9.78 Å². The van der Waals surface area contributed by atoms with E-state index in [1.165, 1.54) is 24.5 Å². The van der Waals surface area contributed by atoms with E-state index in [2.05, 4.69) is 44.8 Å². The first kappa shape index (κ1) is 12.4. The van der Waals surface area contributed by atoms with Crippen molar-refractivity contribution in [3.8, 4) is 5.88 Å². The molecule has 3 N–H and O–H groups in total. The van der Waals surface area contributed by atoms with Gasteiger partial charge in [-0.05, 0) is 12.2 Å². The lowest BCUT2D eigenvalue weighted by atomic mass is 10.6. The number of hydrogen-bond acceptors (Lipinski definition) is 6. The molecule has 0 atom stereocenters. The number of aromatic amines is 2. The van der Waals surface area contributed by atoms with Crippen LogP contribution in [-0.4, -0.2) is 25.0 Å². The molecule has 6 nitrogen and oxygen atoms in total. The van der Waals surface area contributed by atoms with E-state index in [0.29, 0.717) is 4.77 Å². The average Bonchev–Trinajstić information content (AvgIpc) is 2.17. The summed E-state index contributed by atoms with van der Waals surface area (Å²) in [6.07, 6.45) is 2.94. The first-order valence-corrected chi connectivity index (χ1v) is 4.92. The van der Waals surface area contributed by atoms with Crippen LogP contribution in [-0.2, 0) is 0 Å². The second-order valence-electron chi connectivity index (χ2n) is 2.51. The Morgan fingerprint density at radius 3 is 2.56 bits per heavy atom. The third kappa shape index (κ3) is 4.71. The van der Waals surface area contributed by atoms with E-state index in [1.807, 2.05) is 0 Å². The smallest absolute Gasteiger partial charge is 0.251 e. The summed E-state index contributed by atoms with van der Waals surface area (Å²) in [5.41, 5.74) is -0.172. The van der Waals surface area contributed by atoms with Crippen LogP contribution in [0.25, 0.3) is 0 Å². The van der Waals surface area contributed by atoms with Crippen molar-refractivity contribution in [2.75, 3.05) is 0 Å². The molecule has 2 aromatic heterocycles. The fourth-order valence-electron chi connectivity index (χ4n) is 0.722. The van der Waals surface area contributed by atoms with Gasteiger partial charge in [0.1, 0.15) is 0 Å². The van der Waals surface area contributed by atoms with Crippen molar-refractivity contribution in [1.29, 1.82) is 0 Å². The maximum Gasteiger partial charge on any atom is 0.251 e. The Bertz CT molecular complexity index is 523. The van der Waals surface area contributed by atoms with Gasteiger partial charge in [0, 0.05) is 24.5 Å². The Morgan fingerprint density at radius 2 is 2.19 bits per heavy atom. The van der Waals surface area contributed by atoms with Crippen LogP contribution in [0, 0.1) is 4.77 Å². The molecule has 16 heavy (non-hydrogen) atoms. The molecule has 0 aliphatic rings. The Hall–Kier alpha value is -1.67. The summed E-state index contributed by atoms with van der Waals surface area (Å²) in [5.74, 6) is -0.0509. The number of hydrogen-bond donors (Lipinski definition) is 4. The molecule has 2 rings (SSSR count). The Balaban J connectivity index is 0.000000160. The zero-order chi connectivity index (χ0) is 12.0. The maximum absolute atomic E-state index is 10.3. The summed E-state index contributed by atoms with van der Waals surface area (Å²) < 4.78 is 0.359. The minimum atomic E-state index is -0.172. The number of aromatic hydroxyl groups is 1. The molecule has 0 saturated carbocycles. The molecule has 0 aromatic carbocycles. The molecule has 0 amide bonds. The van der Waals surface area contributed by atoms with Gasteiger partial charge in [-0.2, -0.15) is 4.98 Å². The lowest BCUT2D eigenvalue weighted by molar-refractivity contribution is 0.445. The predicted octanol–water partition coefficient (Wildman–Crippen LogP) is 0.903. The van der Waals surface area contributed by atoms with E-state index in [1.54, 1.807) is 0 Å². The van der Waals surface area contributed by atoms with Crippen LogP contribution in [0.5, 0.6) is 5.88 Å². The van der Waals surface area contributed by atoms with E-state index < -0.39 is 0 Å². The van der Waals surface area contributed by atoms with E-state index in [4.69, 9.17) is 5.11 Å². The van der Waals surface area contributed by atoms with E-state index in [0.717, 1.165) is 0 Å². The zero-order valence-corrected chi connectivity index (χ0v) is 9.63. The number of nitrogens with one attached hydrogen (secondary N) is 2. The van der Waals surface area contributed by atoms with Gasteiger partial charge in [0.05, 0.1) is 0 Å². The van der Waals surface area contributed by atoms with Crippen molar-refractivity contribution in [3.05, 3.63) is 39.7 Å². The summed E-state index contributed by atoms with van der Waals surface area (Å²) in [6.45, 7) is 0. The SMILES string of the molecule is O=c1cc[nH]c(=S)[nH]1.Oc1ccnc(S)n1. The van der Waals surface area contributed by atoms with Gasteiger partial charge >= 0.3 is 0 Å². The largest absolute Gasteiger partial charge is 0.493 e. The van der Waals surface area contributed by atoms with Gasteiger partial charge < -0.3 is 10.1 Å². The van der Waals surface area contributed by atoms with Crippen LogP contribution in [0.4, 0.5) is 0 Å². The molecular formula is C8H8N4O2S2. The van der Waals surface area contributed by atoms with Gasteiger partial charge in [0.25, 0.3) is 5.56 Å². The van der Waals surface area contributed by atoms with Gasteiger partial charge in [0.2, 0.25) is 5.88 Å². The molecule has 0 unspecified atom stereocenters. The summed E-state index contributed by atoms with van der Waals surface area (Å²) >= 11 is 8.36. The minimum Gasteiger partial charge on any atom is -0.493 e. The minimum absolute atomic E-state index is 0.0509. The normalized spacial score (nSPS) is 9.06. The highest BCUT2D eigenvalue weighted by Gasteiger charge is 1.87. The van der Waals surface area contributed by atoms with Crippen molar-refractivity contribution < 1.29 is 5.11 Å². The molecule has 0 spiro atoms. The molecule has 0 bridgehead atoms. The van der Waals surface area contributed by atoms with Crippen LogP contribution >= 0.6 is 24.8 Å². The van der Waals surface area contributed by atoms with Gasteiger partial charge in [-0.25, -0.2) is 4.98 Å². The second kappa shape index (κ2) is 6.03. The fraction of sp³-hybridized carbons (Fsp3) is 0. The molecule has 0 radical (unpaired) electrons. The number of nitrogens with zero attached hydrogens (tertiary/aromatic N) is 2. The van der Waals surface area contributed by atoms with Crippen molar-refractivity contribution in [3.63, 3.8) is 0 Å². The first-order valence-electron chi connectivity index (χ1n) is 4.07. The zero-order valence-electron chi connectivity index (χ0n) is 7.91. The maximum atomic E-state index is 10.3. The summed E-state index contributed by atoms with van der Waals surface area (Å²) in [6, 6.07) is 2.76. The molecule has 0 fully saturated rings. The standard InChI is InChI=1S/2C4H4N2OS/c2*7-3-1-2-5-4(8)6-3/h2*1-2H,(H2,5,6,7,8). The Labute approximate surface area is 101 Å². The van der Waals surface area contributed by atoms with Crippen molar-refractivity contribution >= 4 is 24.8 Å². The fourth-order valence-corrected chi connectivity index (χ4v) is 1.06. The summed E-state index contributed by atoms with van der Waals surface area (Å²) in [4.78, 5) is 22.5. The average molecular weight is 256 g/mol. The van der Waals surface area contributed by atoms with Crippen LogP contribution in [0.1, 0.15) is 0 Å². The molecule has 0 saturated heterocycles. The molecule has 0 aliphatic heterocycles. The highest BCUT2D eigenvalue weighted by Crippen LogP contribution is 2.02. The van der Waals surface area contributed by atoms with Crippen LogP contribution < -0.4 is 5.56 Å². The first-order chi connectivity index (χ1) is 7.58. The Kier molecular flexibility index (Phi) is 4.67. The number of rotatable bonds is 0. The second-order valence-corrected chi connectivity index (χ2v) is 3.32. The number of thiol groups is 1. The monoisotopic (exact) mass is 256 g/mol. The summed E-state index contributed by atoms with van der Waals surface area (Å²) in [7, 11) is 0. The molecule has 2 heterocycles. The van der Waals surface area contributed by atoms with Crippen molar-refractivity contribution in [1.82, 2.24) is 19.9 Å². The van der Waals surface area contributed by atoms with Gasteiger partial charge in [-0.1, -0.05) is 0 Å². The predicted molar refractivity (Wildman–Crippen MR) is 63.2 cm³/mol. The number of aromatic nitrogens is 4. The van der Waals surface area contributed by atoms with E-state index >= 15 is 0 Å². The lowest BCUT2D eigenvalue weighted by Gasteiger charge is -1.87. The number of H-pyrrole nitrogens is 2. The molecule has 2 aromatic rings. The molecule has 8 heteroatoms. The van der Waals surface area contributed by atoms with E-state index in [-0.39, 0.29) is 16.6 Å². The van der Waals surface area contributed by atoms with Gasteiger partial charge in [0.15, 0.2) is 9.93 Å². The quantitative estimate of drug-likeness (QED) is 0.319. The van der Waals surface area contributed by atoms with Crippen molar-refractivity contribution in [2.24, 2.45) is 0 Å². The highest BCUT2D eigenvalue weighted by molar-refractivity contribution is 7.80. The van der Waals surface area contributed by atoms with Crippen LogP contribution in [0.2, 0.25) is 0 Å². The molecule has 84 valence electrons. The van der Waals surface area contributed by atoms with Crippen LogP contribution in [0.15, 0.2) is 34.5 Å². The Morgan fingerprint density at radius 1 is 1.44 bits per heavy atom. The third-order valence-corrected chi connectivity index (χ3v) is 1.75. The van der Waals surface area contributed by atoms with Crippen molar-refractivity contribution in [2.45, 2.75) is 5.16 Å². The molecular weight excluding hydrogens is 248 g/mol. The topological polar surface area (TPSA) is 94.7 Å². The van der Waals surface area contributed by atoms with E-state index in [9.17, 15) is 4.79 Å². The van der Waals surface area contributed by atoms with Crippen LogP contribution in [0.3, 0.4) is 0 Å². The summed E-state index contributed by atoms with van der Waals surface area (Å²) in [5, 5.41) is 8.90. The third-order valence-electron chi connectivity index (χ3n) is 1.31. The molecule has 0 aliphatic carbocycles. The van der Waals surface area contributed by atoms with Gasteiger partial charge in [-0.15, -0.1) is 12.6 Å².